The van der Waals surface area contributed by atoms with Crippen molar-refractivity contribution in [1.82, 2.24) is 0 Å². The second kappa shape index (κ2) is 7.81. The maximum atomic E-state index is 12.7. The van der Waals surface area contributed by atoms with Crippen LogP contribution in [0.3, 0.4) is 0 Å². The van der Waals surface area contributed by atoms with Crippen LogP contribution in [0.4, 0.5) is 16.2 Å². The van der Waals surface area contributed by atoms with Crippen molar-refractivity contribution in [3.05, 3.63) is 86.0 Å². The van der Waals surface area contributed by atoms with Gasteiger partial charge < -0.3 is 4.42 Å². The van der Waals surface area contributed by atoms with Crippen LogP contribution in [0.2, 0.25) is 5.02 Å². The lowest BCUT2D eigenvalue weighted by Gasteiger charge is -2.11. The summed E-state index contributed by atoms with van der Waals surface area (Å²) in [4.78, 5) is 36.9. The molecule has 0 radical (unpaired) electrons. The first-order valence-corrected chi connectivity index (χ1v) is 9.92. The number of halogens is 1. The zero-order valence-corrected chi connectivity index (χ0v) is 17.1. The quantitative estimate of drug-likeness (QED) is 0.278. The molecule has 1 saturated heterocycles. The maximum Gasteiger partial charge on any atom is 0.298 e. The summed E-state index contributed by atoms with van der Waals surface area (Å²) < 4.78 is 5.77. The predicted octanol–water partition coefficient (Wildman–Crippen LogP) is 6.06. The minimum Gasteiger partial charge on any atom is -0.457 e. The van der Waals surface area contributed by atoms with E-state index in [9.17, 15) is 19.7 Å². The number of aryl methyl sites for hydroxylation is 1. The smallest absolute Gasteiger partial charge is 0.298 e. The van der Waals surface area contributed by atoms with Gasteiger partial charge in [-0.25, -0.2) is 4.90 Å². The second-order valence-corrected chi connectivity index (χ2v) is 7.88. The molecule has 30 heavy (non-hydrogen) atoms. The average molecular weight is 441 g/mol. The molecule has 0 atom stereocenters. The summed E-state index contributed by atoms with van der Waals surface area (Å²) in [7, 11) is 0. The molecule has 1 fully saturated rings. The Labute approximate surface area is 180 Å². The SMILES string of the molecule is Cc1cc(-c2ccc(/C=C3\SC(=O)N(c4ccc(Cl)cc4)C3=O)o2)ccc1[N+](=O)[O-]. The largest absolute Gasteiger partial charge is 0.457 e. The van der Waals surface area contributed by atoms with Crippen LogP contribution in [0.15, 0.2) is 63.9 Å². The highest BCUT2D eigenvalue weighted by Crippen LogP contribution is 2.37. The van der Waals surface area contributed by atoms with Crippen LogP contribution in [0, 0.1) is 17.0 Å². The Hall–Kier alpha value is -3.36. The highest BCUT2D eigenvalue weighted by molar-refractivity contribution is 8.19. The molecule has 2 amide bonds. The lowest BCUT2D eigenvalue weighted by molar-refractivity contribution is -0.385. The van der Waals surface area contributed by atoms with Crippen LogP contribution in [-0.2, 0) is 4.79 Å². The van der Waals surface area contributed by atoms with Crippen LogP contribution in [-0.4, -0.2) is 16.1 Å². The monoisotopic (exact) mass is 440 g/mol. The molecule has 1 aromatic heterocycles. The number of rotatable bonds is 4. The number of nitrogens with zero attached hydrogens (tertiary/aromatic N) is 2. The molecule has 150 valence electrons. The number of nitro benzene ring substituents is 1. The number of furan rings is 1. The predicted molar refractivity (Wildman–Crippen MR) is 115 cm³/mol. The Morgan fingerprint density at radius 3 is 2.50 bits per heavy atom. The minimum atomic E-state index is -0.448. The number of carbonyl (C=O) groups is 2. The fraction of sp³-hybridized carbons (Fsp3) is 0.0476. The van der Waals surface area contributed by atoms with Crippen molar-refractivity contribution >= 4 is 52.0 Å². The van der Waals surface area contributed by atoms with Gasteiger partial charge in [0, 0.05) is 28.3 Å². The molecule has 1 aliphatic heterocycles. The fourth-order valence-corrected chi connectivity index (χ4v) is 3.96. The molecule has 9 heteroatoms. The van der Waals surface area contributed by atoms with E-state index in [1.54, 1.807) is 55.5 Å². The molecule has 0 spiro atoms. The number of carbonyl (C=O) groups excluding carboxylic acids is 2. The zero-order chi connectivity index (χ0) is 21.4. The topological polar surface area (TPSA) is 93.7 Å². The first-order chi connectivity index (χ1) is 14.3. The van der Waals surface area contributed by atoms with Gasteiger partial charge in [0.2, 0.25) is 0 Å². The maximum absolute atomic E-state index is 12.7. The van der Waals surface area contributed by atoms with Crippen LogP contribution in [0.5, 0.6) is 0 Å². The van der Waals surface area contributed by atoms with E-state index in [4.69, 9.17) is 16.0 Å². The van der Waals surface area contributed by atoms with Crippen LogP contribution in [0.1, 0.15) is 11.3 Å². The van der Waals surface area contributed by atoms with E-state index in [0.717, 1.165) is 16.7 Å². The normalized spacial score (nSPS) is 15.3. The van der Waals surface area contributed by atoms with Gasteiger partial charge in [0.05, 0.1) is 15.5 Å². The van der Waals surface area contributed by atoms with Crippen molar-refractivity contribution in [2.24, 2.45) is 0 Å². The summed E-state index contributed by atoms with van der Waals surface area (Å²) in [6, 6.07) is 14.5. The summed E-state index contributed by atoms with van der Waals surface area (Å²) in [5, 5.41) is 11.1. The van der Waals surface area contributed by atoms with Crippen LogP contribution in [0.25, 0.3) is 17.4 Å². The Kier molecular flexibility index (Phi) is 5.19. The lowest BCUT2D eigenvalue weighted by Crippen LogP contribution is -2.27. The molecule has 7 nitrogen and oxygen atoms in total. The molecular formula is C21H13ClN2O5S. The molecule has 0 bridgehead atoms. The number of benzene rings is 2. The van der Waals surface area contributed by atoms with E-state index in [-0.39, 0.29) is 10.6 Å². The third kappa shape index (κ3) is 3.74. The van der Waals surface area contributed by atoms with E-state index in [1.165, 1.54) is 12.1 Å². The zero-order valence-electron chi connectivity index (χ0n) is 15.5. The minimum absolute atomic E-state index is 0.0291. The van der Waals surface area contributed by atoms with Gasteiger partial charge in [-0.15, -0.1) is 0 Å². The van der Waals surface area contributed by atoms with Gasteiger partial charge in [-0.05, 0) is 67.2 Å². The fourth-order valence-electron chi connectivity index (χ4n) is 3.01. The van der Waals surface area contributed by atoms with Crippen molar-refractivity contribution in [2.45, 2.75) is 6.92 Å². The number of amides is 2. The van der Waals surface area contributed by atoms with E-state index < -0.39 is 16.1 Å². The highest BCUT2D eigenvalue weighted by atomic mass is 35.5. The van der Waals surface area contributed by atoms with Crippen molar-refractivity contribution in [2.75, 3.05) is 4.90 Å². The van der Waals surface area contributed by atoms with Gasteiger partial charge in [0.15, 0.2) is 0 Å². The molecule has 2 heterocycles. The van der Waals surface area contributed by atoms with Crippen LogP contribution >= 0.6 is 23.4 Å². The third-order valence-corrected chi connectivity index (χ3v) is 5.58. The number of nitro groups is 1. The first kappa shape index (κ1) is 19.9. The van der Waals surface area contributed by atoms with Gasteiger partial charge in [-0.3, -0.25) is 19.7 Å². The Morgan fingerprint density at radius 2 is 1.83 bits per heavy atom. The Balaban J connectivity index is 1.59. The molecule has 0 N–H and O–H groups in total. The molecule has 2 aromatic carbocycles. The standard InChI is InChI=1S/C21H13ClN2O5S/c1-12-10-13(2-8-17(12)24(27)28)18-9-7-16(29-18)11-19-20(25)23(21(26)30-19)15-5-3-14(22)4-6-15/h2-11H,1H3/b19-11-. The molecule has 4 rings (SSSR count). The molecule has 0 saturated carbocycles. The summed E-state index contributed by atoms with van der Waals surface area (Å²) in [6.45, 7) is 1.65. The number of thioether (sulfide) groups is 1. The Bertz CT molecular complexity index is 1220. The van der Waals surface area contributed by atoms with Crippen molar-refractivity contribution in [1.29, 1.82) is 0 Å². The number of hydrogen-bond donors (Lipinski definition) is 0. The van der Waals surface area contributed by atoms with E-state index in [0.29, 0.717) is 33.4 Å². The summed E-state index contributed by atoms with van der Waals surface area (Å²) in [6.07, 6.45) is 1.50. The first-order valence-electron chi connectivity index (χ1n) is 8.72. The molecular weight excluding hydrogens is 428 g/mol. The van der Waals surface area contributed by atoms with Crippen molar-refractivity contribution in [3.63, 3.8) is 0 Å². The molecule has 0 aliphatic carbocycles. The summed E-state index contributed by atoms with van der Waals surface area (Å²) in [5.41, 5.74) is 1.65. The number of anilines is 1. The Morgan fingerprint density at radius 1 is 1.10 bits per heavy atom. The van der Waals surface area contributed by atoms with E-state index in [2.05, 4.69) is 0 Å². The van der Waals surface area contributed by atoms with Crippen LogP contribution < -0.4 is 4.90 Å². The van der Waals surface area contributed by atoms with Gasteiger partial charge >= 0.3 is 0 Å². The third-order valence-electron chi connectivity index (χ3n) is 4.46. The molecule has 3 aromatic rings. The molecule has 0 unspecified atom stereocenters. The molecule has 1 aliphatic rings. The number of imide groups is 1. The van der Waals surface area contributed by atoms with Crippen molar-refractivity contribution in [3.8, 4) is 11.3 Å². The van der Waals surface area contributed by atoms with Gasteiger partial charge in [-0.1, -0.05) is 11.6 Å². The van der Waals surface area contributed by atoms with Gasteiger partial charge in [0.1, 0.15) is 11.5 Å². The average Bonchev–Trinajstić information content (AvgIpc) is 3.27. The summed E-state index contributed by atoms with van der Waals surface area (Å²) >= 11 is 6.68. The highest BCUT2D eigenvalue weighted by Gasteiger charge is 2.36. The van der Waals surface area contributed by atoms with E-state index >= 15 is 0 Å². The van der Waals surface area contributed by atoms with E-state index in [1.807, 2.05) is 0 Å². The number of hydrogen-bond acceptors (Lipinski definition) is 6. The van der Waals surface area contributed by atoms with Crippen molar-refractivity contribution < 1.29 is 18.9 Å². The second-order valence-electron chi connectivity index (χ2n) is 6.45. The van der Waals surface area contributed by atoms with Gasteiger partial charge in [-0.2, -0.15) is 0 Å². The van der Waals surface area contributed by atoms with Gasteiger partial charge in [0.25, 0.3) is 16.8 Å². The lowest BCUT2D eigenvalue weighted by atomic mass is 10.1. The summed E-state index contributed by atoms with van der Waals surface area (Å²) in [5.74, 6) is 0.440.